The molecule has 0 radical (unpaired) electrons. The van der Waals surface area contributed by atoms with Gasteiger partial charge in [0.25, 0.3) is 0 Å². The van der Waals surface area contributed by atoms with Crippen LogP contribution in [0, 0.1) is 0 Å². The molecule has 11 aliphatic rings. The van der Waals surface area contributed by atoms with Gasteiger partial charge in [-0.3, -0.25) is 28.8 Å². The van der Waals surface area contributed by atoms with E-state index in [1.165, 1.54) is 13.8 Å². The summed E-state index contributed by atoms with van der Waals surface area (Å²) in [6, 6.07) is -11.9. The summed E-state index contributed by atoms with van der Waals surface area (Å²) < 4.78 is 130. The molecule has 0 saturated carbocycles. The van der Waals surface area contributed by atoms with Crippen LogP contribution in [0.15, 0.2) is 0 Å². The molecule has 6 amide bonds. The van der Waals surface area contributed by atoms with Crippen molar-refractivity contribution in [2.75, 3.05) is 59.5 Å². The van der Waals surface area contributed by atoms with Crippen molar-refractivity contribution in [3.05, 3.63) is 0 Å². The van der Waals surface area contributed by atoms with E-state index in [0.29, 0.717) is 0 Å². The number of aliphatic hydroxyl groups excluding tert-OH is 27. The van der Waals surface area contributed by atoms with Crippen LogP contribution in [0.2, 0.25) is 0 Å². The summed E-state index contributed by atoms with van der Waals surface area (Å²) in [6.45, 7) is -2.78. The Morgan fingerprint density at radius 2 is 0.457 bits per heavy atom. The molecule has 1 unspecified atom stereocenters. The Morgan fingerprint density at radius 3 is 0.870 bits per heavy atom. The van der Waals surface area contributed by atoms with Gasteiger partial charge in [-0.25, -0.2) is 0 Å². The monoisotopic (exact) mass is 2010 g/mol. The highest BCUT2D eigenvalue weighted by Crippen LogP contribution is 2.43. The zero-order chi connectivity index (χ0) is 102. The second-order valence-corrected chi connectivity index (χ2v) is 35.3. The van der Waals surface area contributed by atoms with Gasteiger partial charge in [-0.15, -0.1) is 0 Å². The van der Waals surface area contributed by atoms with Gasteiger partial charge < -0.3 is 269 Å². The number of carbonyl (C=O) groups is 6. The van der Waals surface area contributed by atoms with Gasteiger partial charge in [-0.1, -0.05) is 0 Å². The van der Waals surface area contributed by atoms with E-state index in [1.54, 1.807) is 0 Å². The molecule has 0 aromatic heterocycles. The van der Waals surface area contributed by atoms with E-state index in [1.807, 2.05) is 0 Å². The van der Waals surface area contributed by atoms with E-state index in [0.717, 1.165) is 41.5 Å². The van der Waals surface area contributed by atoms with Crippen molar-refractivity contribution in [3.8, 4) is 0 Å². The first-order valence-corrected chi connectivity index (χ1v) is 44.3. The van der Waals surface area contributed by atoms with Crippen LogP contribution in [-0.4, -0.2) is 570 Å². The maximum absolute atomic E-state index is 13.9. The molecule has 0 aromatic carbocycles. The number of nitrogens with one attached hydrogen (secondary N) is 6. The predicted molar refractivity (Wildman–Crippen MR) is 429 cm³/mol. The van der Waals surface area contributed by atoms with Gasteiger partial charge in [0.05, 0.1) is 71.7 Å². The summed E-state index contributed by atoms with van der Waals surface area (Å²) >= 11 is 0. The fraction of sp³-hybridized carbons (Fsp3) is 0.923. The molecule has 11 saturated heterocycles. The minimum absolute atomic E-state index is 0.877. The fourth-order valence-corrected chi connectivity index (χ4v) is 18.0. The molecule has 11 aliphatic heterocycles. The largest absolute Gasteiger partial charge is 0.394 e. The lowest BCUT2D eigenvalue weighted by Gasteiger charge is -2.53. The lowest BCUT2D eigenvalue weighted by molar-refractivity contribution is -0.410. The molecule has 11 fully saturated rings. The molecular weight excluding hydrogens is 1880 g/mol. The SMILES string of the molecule is CC(=O)N[C@@H]1[C@H](O[C@H]2[C@H](O[C@H]3O[C@H](CO)[C@@H](O)[C@H](O)[C@@H]3O[C@@H]3O[C@H](CO)[C@@H](O[C@@H]4O[C@H](CO)[C@H](O)[C@H](O)[C@H]4NC(C)=O)[C@H](O[C@@H]4O[C@@H](C)[C@@H](O)[C@@H](O)[C@@H]4O)[C@H]3NC(C)=O)[C@H](O)[C@H](O[C@H]3[C@H](O)[C@@H](NC(C)=O)[C@H](O[C@H]4[C@H](O)[C@@H](NC(C)=O)C(O)O[C@@H]4CO[C@@H]4O[C@@H](C)[C@@H](O)[C@@H](O)[C@@H]4O)O[C@@H]3CO)O[C@@H]2CO[C@H]2O[C@H](CO)[C@@H](O)[C@H](O)[C@@H]2O[C@@H]2O[C@H](CO)[C@@H](O)[C@H](O)[C@H]2NC(C)=O)O[C@H](CO)[C@@H](O)[C@@H]1O. The summed E-state index contributed by atoms with van der Waals surface area (Å²) in [6.07, 6.45) is -106. The molecule has 0 bridgehead atoms. The van der Waals surface area contributed by atoms with Crippen LogP contribution < -0.4 is 31.9 Å². The summed E-state index contributed by atoms with van der Waals surface area (Å²) in [5, 5.41) is 323. The Kier molecular flexibility index (Phi) is 40.5. The van der Waals surface area contributed by atoms with Crippen molar-refractivity contribution in [1.82, 2.24) is 31.9 Å². The minimum Gasteiger partial charge on any atom is -0.394 e. The van der Waals surface area contributed by atoms with Crippen LogP contribution in [-0.2, 0) is 128 Å². The highest BCUT2D eigenvalue weighted by molar-refractivity contribution is 5.75. The maximum atomic E-state index is 13.9. The average Bonchev–Trinajstić information content (AvgIpc) is 0.763. The summed E-state index contributed by atoms with van der Waals surface area (Å²) in [4.78, 5) is 79.0. The molecule has 60 nitrogen and oxygen atoms in total. The van der Waals surface area contributed by atoms with E-state index < -0.39 is 432 Å². The van der Waals surface area contributed by atoms with Gasteiger partial charge in [-0.2, -0.15) is 0 Å². The summed E-state index contributed by atoms with van der Waals surface area (Å²) in [5.74, 6) is -5.87. The first kappa shape index (κ1) is 113. The molecule has 11 heterocycles. The first-order valence-electron chi connectivity index (χ1n) is 44.3. The molecule has 11 rings (SSSR count). The average molecular weight is 2020 g/mol. The number of hydrogen-bond acceptors (Lipinski definition) is 54. The van der Waals surface area contributed by atoms with E-state index >= 15 is 0 Å². The van der Waals surface area contributed by atoms with Crippen LogP contribution in [0.3, 0.4) is 0 Å². The predicted octanol–water partition coefficient (Wildman–Crippen LogP) is -22.1. The Hall–Kier alpha value is -5.10. The van der Waals surface area contributed by atoms with Crippen LogP contribution in [0.5, 0.6) is 0 Å². The van der Waals surface area contributed by atoms with Crippen LogP contribution in [0.1, 0.15) is 55.4 Å². The Morgan fingerprint density at radius 1 is 0.203 bits per heavy atom. The lowest BCUT2D eigenvalue weighted by Crippen LogP contribution is -2.72. The quantitative estimate of drug-likeness (QED) is 0.0280. The van der Waals surface area contributed by atoms with Gasteiger partial charge in [0.2, 0.25) is 35.4 Å². The van der Waals surface area contributed by atoms with Crippen molar-refractivity contribution in [1.29, 1.82) is 0 Å². The number of hydrogen-bond donors (Lipinski definition) is 33. The number of carbonyl (C=O) groups excluding carboxylic acids is 6. The van der Waals surface area contributed by atoms with Crippen molar-refractivity contribution in [2.45, 2.75) is 393 Å². The van der Waals surface area contributed by atoms with Gasteiger partial charge in [0.1, 0.15) is 256 Å². The maximum Gasteiger partial charge on any atom is 0.217 e. The Bertz CT molecular complexity index is 3880. The normalized spacial score (nSPS) is 48.6. The van der Waals surface area contributed by atoms with Gasteiger partial charge in [0, 0.05) is 41.5 Å². The molecule has 0 aromatic rings. The van der Waals surface area contributed by atoms with E-state index in [-0.39, 0.29) is 0 Å². The zero-order valence-electron chi connectivity index (χ0n) is 75.2. The van der Waals surface area contributed by atoms with Gasteiger partial charge in [0.15, 0.2) is 69.2 Å². The van der Waals surface area contributed by atoms with E-state index in [9.17, 15) is 167 Å². The zero-order valence-corrected chi connectivity index (χ0v) is 75.2. The van der Waals surface area contributed by atoms with Crippen LogP contribution >= 0.6 is 0 Å². The molecule has 33 N–H and O–H groups in total. The second-order valence-electron chi connectivity index (χ2n) is 35.3. The van der Waals surface area contributed by atoms with Crippen molar-refractivity contribution in [3.63, 3.8) is 0 Å². The molecule has 138 heavy (non-hydrogen) atoms. The van der Waals surface area contributed by atoms with Crippen molar-refractivity contribution < 1.29 is 266 Å². The molecule has 796 valence electrons. The van der Waals surface area contributed by atoms with Crippen molar-refractivity contribution >= 4 is 35.4 Å². The first-order chi connectivity index (χ1) is 65.1. The molecule has 0 spiro atoms. The molecule has 60 heteroatoms. The number of ether oxygens (including phenoxy) is 21. The van der Waals surface area contributed by atoms with E-state index in [4.69, 9.17) is 99.5 Å². The number of aliphatic hydroxyl groups is 27. The highest BCUT2D eigenvalue weighted by Gasteiger charge is 2.64. The smallest absolute Gasteiger partial charge is 0.217 e. The molecular formula is C78H130N6O54. The summed E-state index contributed by atoms with van der Waals surface area (Å²) in [5.41, 5.74) is 0. The Balaban J connectivity index is 1.05. The van der Waals surface area contributed by atoms with Crippen LogP contribution in [0.4, 0.5) is 0 Å². The number of amides is 6. The Labute approximate surface area is 783 Å². The molecule has 0 aliphatic carbocycles. The molecule has 55 atom stereocenters. The standard InChI is InChI=1S/C78H130N6O54/c1-18-41(98)53(110)57(114)74(120-18)118-16-33-61(51(108)35(68(117)122-33)79-20(3)92)131-72-39(83-24(7)96)52(109)60(31(14-90)128-72)132-76-59(116)65(63(134-70-37(81-22(5)94)49(106)44(101)27(10-86)124-70)34(130-76)17-119-77-66(55(112)46(103)29(12-88)126-77)137-71-38(82-23(6)95)50(107)45(102)28(11-87)125-71)136-78-67(56(113)47(104)30(13-89)127-78)138-73-40(84-25(8)97)64(135-75-58(115)54(111)42(99)19(2)121-75)62(32(15-91)129-73)133-69-36(80-21(4)93)48(105)43(100)26(9-85)123-69/h18-19,26-78,85-91,98-117H,9-17H2,1-8H3,(H,79,92)(H,80,93)(H,81,94)(H,82,95)(H,83,96)(H,84,97)/t18-,19-,26+,27+,28+,29+,30+,31+,32+,33+,34+,35+,36+,37-,38+,39+,40+,41+,42+,43-,44+,45+,46+,47+,48+,49+,50+,51+,52+,53+,54+,55-,56-,57-,58-,59-,60+,61+,62+,63+,64+,65+,66-,67-,68?,69-,70-,71-,72-,73-,74+,75-,76-,77-,78+/m0/s1. The minimum atomic E-state index is -2.85. The fourth-order valence-electron chi connectivity index (χ4n) is 18.0. The third-order valence-corrected chi connectivity index (χ3v) is 25.3. The third-order valence-electron chi connectivity index (χ3n) is 25.3. The third kappa shape index (κ3) is 25.4. The lowest BCUT2D eigenvalue weighted by atomic mass is 9.93. The van der Waals surface area contributed by atoms with Crippen LogP contribution in [0.25, 0.3) is 0 Å². The van der Waals surface area contributed by atoms with Gasteiger partial charge >= 0.3 is 0 Å². The second kappa shape index (κ2) is 49.4. The van der Waals surface area contributed by atoms with E-state index in [2.05, 4.69) is 31.9 Å². The highest BCUT2D eigenvalue weighted by atomic mass is 16.8. The number of rotatable bonds is 35. The van der Waals surface area contributed by atoms with Crippen molar-refractivity contribution in [2.24, 2.45) is 0 Å². The topological polar surface area (TPSA) is 915 Å². The van der Waals surface area contributed by atoms with Gasteiger partial charge in [-0.05, 0) is 13.8 Å². The summed E-state index contributed by atoms with van der Waals surface area (Å²) in [7, 11) is 0.